The monoisotopic (exact) mass is 451 g/mol. The van der Waals surface area contributed by atoms with Crippen LogP contribution in [0.4, 0.5) is 0 Å². The number of nitrogens with zero attached hydrogens (tertiary/aromatic N) is 1. The van der Waals surface area contributed by atoms with Gasteiger partial charge >= 0.3 is 5.97 Å². The van der Waals surface area contributed by atoms with E-state index in [4.69, 9.17) is 9.47 Å². The minimum absolute atomic E-state index is 0.221. The first-order valence-corrected chi connectivity index (χ1v) is 10.6. The van der Waals surface area contributed by atoms with Crippen molar-refractivity contribution < 1.29 is 23.9 Å². The van der Waals surface area contributed by atoms with Gasteiger partial charge in [0.2, 0.25) is 0 Å². The minimum Gasteiger partial charge on any atom is -0.494 e. The Morgan fingerprint density at radius 3 is 2.38 bits per heavy atom. The first kappa shape index (κ1) is 22.7. The lowest BCUT2D eigenvalue weighted by Crippen LogP contribution is -2.34. The van der Waals surface area contributed by atoms with Crippen LogP contribution in [0, 0.1) is 0 Å². The molecule has 9 heteroatoms. The average Bonchev–Trinajstić information content (AvgIpc) is 3.35. The Kier molecular flexibility index (Phi) is 8.10. The molecule has 0 saturated heterocycles. The molecular weight excluding hydrogens is 430 g/mol. The lowest BCUT2D eigenvalue weighted by Gasteiger charge is -2.06. The van der Waals surface area contributed by atoms with Gasteiger partial charge in [0, 0.05) is 5.56 Å². The molecule has 3 rings (SSSR count). The second-order valence-corrected chi connectivity index (χ2v) is 7.32. The van der Waals surface area contributed by atoms with Gasteiger partial charge in [0.15, 0.2) is 0 Å². The van der Waals surface area contributed by atoms with E-state index in [0.29, 0.717) is 34.1 Å². The molecule has 1 heterocycles. The fraction of sp³-hybridized carbons (Fsp3) is 0.130. The van der Waals surface area contributed by atoms with Crippen molar-refractivity contribution in [3.05, 3.63) is 82.0 Å². The van der Waals surface area contributed by atoms with Gasteiger partial charge in [-0.15, -0.1) is 11.3 Å². The first-order chi connectivity index (χ1) is 15.5. The number of carbonyl (C=O) groups is 3. The molecule has 0 bridgehead atoms. The van der Waals surface area contributed by atoms with E-state index in [1.807, 2.05) is 6.92 Å². The van der Waals surface area contributed by atoms with Crippen LogP contribution in [0.25, 0.3) is 0 Å². The van der Waals surface area contributed by atoms with Crippen molar-refractivity contribution in [1.29, 1.82) is 0 Å². The summed E-state index contributed by atoms with van der Waals surface area (Å²) in [6.45, 7) is 2.20. The zero-order chi connectivity index (χ0) is 22.8. The number of benzene rings is 2. The van der Waals surface area contributed by atoms with Crippen LogP contribution in [0.15, 0.2) is 71.1 Å². The number of thiophene rings is 1. The minimum atomic E-state index is -0.470. The van der Waals surface area contributed by atoms with Gasteiger partial charge in [-0.05, 0) is 72.5 Å². The van der Waals surface area contributed by atoms with Crippen LogP contribution in [-0.2, 0) is 4.79 Å². The van der Waals surface area contributed by atoms with Gasteiger partial charge in [-0.2, -0.15) is 5.10 Å². The van der Waals surface area contributed by atoms with Gasteiger partial charge in [-0.25, -0.2) is 10.2 Å². The fourth-order valence-corrected chi connectivity index (χ4v) is 3.12. The summed E-state index contributed by atoms with van der Waals surface area (Å²) in [4.78, 5) is 36.4. The van der Waals surface area contributed by atoms with Crippen molar-refractivity contribution in [3.63, 3.8) is 0 Å². The van der Waals surface area contributed by atoms with Crippen molar-refractivity contribution in [2.45, 2.75) is 6.92 Å². The summed E-state index contributed by atoms with van der Waals surface area (Å²) in [5.74, 6) is -0.186. The average molecular weight is 452 g/mol. The molecule has 32 heavy (non-hydrogen) atoms. The zero-order valence-corrected chi connectivity index (χ0v) is 18.1. The lowest BCUT2D eigenvalue weighted by atomic mass is 10.2. The Hall–Kier alpha value is -3.98. The number of hydrogen-bond acceptors (Lipinski definition) is 7. The highest BCUT2D eigenvalue weighted by Gasteiger charge is 2.09. The highest BCUT2D eigenvalue weighted by atomic mass is 32.1. The molecule has 0 aliphatic heterocycles. The van der Waals surface area contributed by atoms with E-state index in [0.717, 1.165) is 0 Å². The molecule has 1 aromatic heterocycles. The topological polar surface area (TPSA) is 106 Å². The number of ether oxygens (including phenoxy) is 2. The maximum Gasteiger partial charge on any atom is 0.353 e. The highest BCUT2D eigenvalue weighted by Crippen LogP contribution is 2.16. The molecule has 164 valence electrons. The molecular formula is C23H21N3O5S. The van der Waals surface area contributed by atoms with Crippen LogP contribution in [0.1, 0.15) is 32.5 Å². The van der Waals surface area contributed by atoms with Crippen LogP contribution >= 0.6 is 11.3 Å². The molecule has 8 nitrogen and oxygen atoms in total. The van der Waals surface area contributed by atoms with Crippen LogP contribution in [0.3, 0.4) is 0 Å². The maximum atomic E-state index is 12.1. The van der Waals surface area contributed by atoms with Gasteiger partial charge in [-0.3, -0.25) is 9.59 Å². The molecule has 0 spiro atoms. The summed E-state index contributed by atoms with van der Waals surface area (Å²) in [6, 6.07) is 16.8. The number of amides is 2. The molecule has 2 aromatic carbocycles. The summed E-state index contributed by atoms with van der Waals surface area (Å²) < 4.78 is 10.6. The van der Waals surface area contributed by atoms with E-state index in [1.54, 1.807) is 66.0 Å². The second-order valence-electron chi connectivity index (χ2n) is 6.37. The van der Waals surface area contributed by atoms with Crippen molar-refractivity contribution in [3.8, 4) is 11.5 Å². The number of esters is 1. The third-order valence-electron chi connectivity index (χ3n) is 4.05. The van der Waals surface area contributed by atoms with Gasteiger partial charge in [0.05, 0.1) is 19.4 Å². The van der Waals surface area contributed by atoms with Crippen molar-refractivity contribution >= 4 is 35.3 Å². The number of hydrazone groups is 1. The summed E-state index contributed by atoms with van der Waals surface area (Å²) >= 11 is 1.31. The molecule has 0 fully saturated rings. The van der Waals surface area contributed by atoms with Crippen LogP contribution in [0.2, 0.25) is 0 Å². The van der Waals surface area contributed by atoms with Crippen LogP contribution in [-0.4, -0.2) is 37.1 Å². The highest BCUT2D eigenvalue weighted by molar-refractivity contribution is 7.12. The van der Waals surface area contributed by atoms with E-state index < -0.39 is 11.9 Å². The van der Waals surface area contributed by atoms with Gasteiger partial charge < -0.3 is 14.8 Å². The number of nitrogens with one attached hydrogen (secondary N) is 2. The number of rotatable bonds is 9. The summed E-state index contributed by atoms with van der Waals surface area (Å²) in [7, 11) is 0. The molecule has 0 aliphatic carbocycles. The van der Waals surface area contributed by atoms with E-state index >= 15 is 0 Å². The van der Waals surface area contributed by atoms with Gasteiger partial charge in [0.1, 0.15) is 16.4 Å². The predicted molar refractivity (Wildman–Crippen MR) is 121 cm³/mol. The molecule has 2 amide bonds. The Morgan fingerprint density at radius 2 is 1.72 bits per heavy atom. The van der Waals surface area contributed by atoms with Crippen LogP contribution < -0.4 is 20.2 Å². The maximum absolute atomic E-state index is 12.1. The summed E-state index contributed by atoms with van der Waals surface area (Å²) in [5, 5.41) is 8.18. The van der Waals surface area contributed by atoms with E-state index in [2.05, 4.69) is 15.8 Å². The first-order valence-electron chi connectivity index (χ1n) is 9.74. The molecule has 0 radical (unpaired) electrons. The molecule has 2 N–H and O–H groups in total. The zero-order valence-electron chi connectivity index (χ0n) is 17.2. The van der Waals surface area contributed by atoms with Crippen molar-refractivity contribution in [2.75, 3.05) is 13.2 Å². The summed E-state index contributed by atoms with van der Waals surface area (Å²) in [5.41, 5.74) is 3.46. The van der Waals surface area contributed by atoms with Crippen LogP contribution in [0.5, 0.6) is 11.5 Å². The van der Waals surface area contributed by atoms with E-state index in [1.165, 1.54) is 17.6 Å². The summed E-state index contributed by atoms with van der Waals surface area (Å²) in [6.07, 6.45) is 1.44. The second kappa shape index (κ2) is 11.4. The Balaban J connectivity index is 1.41. The van der Waals surface area contributed by atoms with E-state index in [9.17, 15) is 14.4 Å². The third-order valence-corrected chi connectivity index (χ3v) is 4.90. The Morgan fingerprint density at radius 1 is 1.00 bits per heavy atom. The smallest absolute Gasteiger partial charge is 0.353 e. The Bertz CT molecular complexity index is 1080. The molecule has 0 saturated carbocycles. The quantitative estimate of drug-likeness (QED) is 0.225. The van der Waals surface area contributed by atoms with E-state index in [-0.39, 0.29) is 12.5 Å². The normalized spacial score (nSPS) is 10.5. The number of carbonyl (C=O) groups excluding carboxylic acids is 3. The third kappa shape index (κ3) is 6.78. The predicted octanol–water partition coefficient (Wildman–Crippen LogP) is 3.25. The Labute approximate surface area is 188 Å². The molecule has 0 atom stereocenters. The standard InChI is InChI=1S/C23H21N3O5S/c1-2-30-18-11-7-17(8-12-18)22(28)24-15-21(27)26-25-14-16-5-9-19(10-6-16)31-23(29)20-4-3-13-32-20/h3-14H,2,15H2,1H3,(H,24,28)(H,26,27)/b25-14+. The number of hydrogen-bond donors (Lipinski definition) is 2. The molecule has 0 unspecified atom stereocenters. The van der Waals surface area contributed by atoms with Gasteiger partial charge in [-0.1, -0.05) is 6.07 Å². The van der Waals surface area contributed by atoms with Gasteiger partial charge in [0.25, 0.3) is 11.8 Å². The molecule has 3 aromatic rings. The van der Waals surface area contributed by atoms with Crippen molar-refractivity contribution in [2.24, 2.45) is 5.10 Å². The largest absolute Gasteiger partial charge is 0.494 e. The fourth-order valence-electron chi connectivity index (χ4n) is 2.52. The SMILES string of the molecule is CCOc1ccc(C(=O)NCC(=O)N/N=C/c2ccc(OC(=O)c3cccs3)cc2)cc1. The lowest BCUT2D eigenvalue weighted by molar-refractivity contribution is -0.120. The van der Waals surface area contributed by atoms with Crippen molar-refractivity contribution in [1.82, 2.24) is 10.7 Å². The molecule has 0 aliphatic rings.